The number of carbonyl (C=O) groups excluding carboxylic acids is 1. The lowest BCUT2D eigenvalue weighted by molar-refractivity contribution is -0.113. The molecule has 2 aromatic carbocycles. The molecule has 1 aliphatic carbocycles. The molecule has 138 valence electrons. The summed E-state index contributed by atoms with van der Waals surface area (Å²) in [6, 6.07) is 18.1. The molecular formula is C21H22N4OS. The zero-order chi connectivity index (χ0) is 18.6. The lowest BCUT2D eigenvalue weighted by Crippen LogP contribution is -2.15. The quantitative estimate of drug-likeness (QED) is 0.625. The summed E-state index contributed by atoms with van der Waals surface area (Å²) in [5.41, 5.74) is 3.20. The predicted molar refractivity (Wildman–Crippen MR) is 108 cm³/mol. The Bertz CT molecular complexity index is 917. The van der Waals surface area contributed by atoms with Crippen LogP contribution in [-0.2, 0) is 11.3 Å². The number of anilines is 1. The van der Waals surface area contributed by atoms with E-state index in [9.17, 15) is 4.79 Å². The van der Waals surface area contributed by atoms with Gasteiger partial charge in [-0.25, -0.2) is 0 Å². The first-order chi connectivity index (χ1) is 13.2. The minimum Gasteiger partial charge on any atom is -0.325 e. The molecule has 0 saturated heterocycles. The van der Waals surface area contributed by atoms with E-state index in [4.69, 9.17) is 0 Å². The second kappa shape index (κ2) is 7.96. The third-order valence-corrected chi connectivity index (χ3v) is 5.51. The predicted octanol–water partition coefficient (Wildman–Crippen LogP) is 4.24. The summed E-state index contributed by atoms with van der Waals surface area (Å²) >= 11 is 1.44. The highest BCUT2D eigenvalue weighted by Crippen LogP contribution is 2.40. The summed E-state index contributed by atoms with van der Waals surface area (Å²) in [5.74, 6) is 1.83. The minimum atomic E-state index is -0.0360. The number of nitrogens with one attached hydrogen (secondary N) is 1. The number of nitrogens with zero attached hydrogens (tertiary/aromatic N) is 3. The minimum absolute atomic E-state index is 0.0360. The fraction of sp³-hybridized carbons (Fsp3) is 0.286. The molecular weight excluding hydrogens is 356 g/mol. The molecule has 1 N–H and O–H groups in total. The highest BCUT2D eigenvalue weighted by Gasteiger charge is 2.30. The lowest BCUT2D eigenvalue weighted by Gasteiger charge is -2.10. The molecule has 0 radical (unpaired) electrons. The van der Waals surface area contributed by atoms with E-state index >= 15 is 0 Å². The zero-order valence-electron chi connectivity index (χ0n) is 15.3. The first-order valence-corrected chi connectivity index (χ1v) is 10.1. The fourth-order valence-corrected chi connectivity index (χ4v) is 3.67. The third-order valence-electron chi connectivity index (χ3n) is 4.54. The molecule has 5 nitrogen and oxygen atoms in total. The number of hydrogen-bond acceptors (Lipinski definition) is 4. The van der Waals surface area contributed by atoms with Gasteiger partial charge in [-0.1, -0.05) is 59.8 Å². The summed E-state index contributed by atoms with van der Waals surface area (Å²) in [5, 5.41) is 12.5. The Morgan fingerprint density at radius 1 is 1.11 bits per heavy atom. The molecule has 0 aliphatic heterocycles. The molecule has 0 bridgehead atoms. The van der Waals surface area contributed by atoms with E-state index in [1.807, 2.05) is 49.4 Å². The van der Waals surface area contributed by atoms with Crippen LogP contribution < -0.4 is 5.32 Å². The van der Waals surface area contributed by atoms with Gasteiger partial charge in [0.25, 0.3) is 0 Å². The maximum Gasteiger partial charge on any atom is 0.234 e. The number of benzene rings is 2. The van der Waals surface area contributed by atoms with Crippen molar-refractivity contribution in [1.82, 2.24) is 14.8 Å². The Labute approximate surface area is 163 Å². The monoisotopic (exact) mass is 378 g/mol. The molecule has 1 fully saturated rings. The van der Waals surface area contributed by atoms with Crippen molar-refractivity contribution in [1.29, 1.82) is 0 Å². The van der Waals surface area contributed by atoms with Crippen LogP contribution in [0.4, 0.5) is 5.69 Å². The molecule has 0 spiro atoms. The normalized spacial score (nSPS) is 13.5. The van der Waals surface area contributed by atoms with Crippen molar-refractivity contribution in [2.75, 3.05) is 11.1 Å². The Balaban J connectivity index is 1.43. The van der Waals surface area contributed by atoms with E-state index in [0.29, 0.717) is 11.7 Å². The maximum absolute atomic E-state index is 12.3. The number of rotatable bonds is 7. The highest BCUT2D eigenvalue weighted by atomic mass is 32.2. The van der Waals surface area contributed by atoms with Crippen molar-refractivity contribution >= 4 is 23.4 Å². The second-order valence-electron chi connectivity index (χ2n) is 6.89. The molecule has 4 rings (SSSR count). The molecule has 1 heterocycles. The van der Waals surface area contributed by atoms with Crippen LogP contribution in [0.25, 0.3) is 0 Å². The van der Waals surface area contributed by atoms with E-state index in [1.54, 1.807) is 0 Å². The van der Waals surface area contributed by atoms with E-state index in [2.05, 4.69) is 32.2 Å². The van der Waals surface area contributed by atoms with Gasteiger partial charge < -0.3 is 9.88 Å². The van der Waals surface area contributed by atoms with Crippen LogP contribution >= 0.6 is 11.8 Å². The number of aryl methyl sites for hydroxylation is 1. The Morgan fingerprint density at radius 3 is 2.56 bits per heavy atom. The van der Waals surface area contributed by atoms with Crippen molar-refractivity contribution in [3.05, 3.63) is 71.5 Å². The summed E-state index contributed by atoms with van der Waals surface area (Å²) in [6.45, 7) is 2.76. The summed E-state index contributed by atoms with van der Waals surface area (Å²) in [4.78, 5) is 12.3. The number of amides is 1. The van der Waals surface area contributed by atoms with Crippen molar-refractivity contribution < 1.29 is 4.79 Å². The number of carbonyl (C=O) groups is 1. The average molecular weight is 379 g/mol. The summed E-state index contributed by atoms with van der Waals surface area (Å²) in [6.07, 6.45) is 2.34. The standard InChI is InChI=1S/C21H22N4OS/c1-15-7-11-18(12-8-15)22-19(26)14-27-21-24-23-20(17-9-10-17)25(21)13-16-5-3-2-4-6-16/h2-8,11-12,17H,9-10,13-14H2,1H3,(H,22,26). The highest BCUT2D eigenvalue weighted by molar-refractivity contribution is 7.99. The average Bonchev–Trinajstić information content (AvgIpc) is 3.45. The largest absolute Gasteiger partial charge is 0.325 e. The van der Waals surface area contributed by atoms with Gasteiger partial charge in [0.2, 0.25) is 5.91 Å². The van der Waals surface area contributed by atoms with Gasteiger partial charge in [-0.15, -0.1) is 10.2 Å². The first-order valence-electron chi connectivity index (χ1n) is 9.15. The second-order valence-corrected chi connectivity index (χ2v) is 7.83. The van der Waals surface area contributed by atoms with Crippen LogP contribution in [-0.4, -0.2) is 26.4 Å². The van der Waals surface area contributed by atoms with Gasteiger partial charge in [-0.3, -0.25) is 4.79 Å². The van der Waals surface area contributed by atoms with E-state index in [1.165, 1.54) is 35.7 Å². The zero-order valence-corrected chi connectivity index (χ0v) is 16.1. The Kier molecular flexibility index (Phi) is 5.25. The van der Waals surface area contributed by atoms with Gasteiger partial charge in [0, 0.05) is 11.6 Å². The molecule has 27 heavy (non-hydrogen) atoms. The molecule has 3 aromatic rings. The molecule has 1 aliphatic rings. The fourth-order valence-electron chi connectivity index (χ4n) is 2.93. The van der Waals surface area contributed by atoms with Crippen LogP contribution in [0.2, 0.25) is 0 Å². The first kappa shape index (κ1) is 17.8. The smallest absolute Gasteiger partial charge is 0.234 e. The van der Waals surface area contributed by atoms with Crippen molar-refractivity contribution in [3.8, 4) is 0 Å². The summed E-state index contributed by atoms with van der Waals surface area (Å²) in [7, 11) is 0. The lowest BCUT2D eigenvalue weighted by atomic mass is 10.2. The van der Waals surface area contributed by atoms with Gasteiger partial charge >= 0.3 is 0 Å². The van der Waals surface area contributed by atoms with E-state index < -0.39 is 0 Å². The van der Waals surface area contributed by atoms with Gasteiger partial charge in [-0.2, -0.15) is 0 Å². The molecule has 1 aromatic heterocycles. The van der Waals surface area contributed by atoms with Crippen molar-refractivity contribution in [2.45, 2.75) is 37.4 Å². The maximum atomic E-state index is 12.3. The van der Waals surface area contributed by atoms with Gasteiger partial charge in [-0.05, 0) is 37.5 Å². The summed E-state index contributed by atoms with van der Waals surface area (Å²) < 4.78 is 2.16. The molecule has 0 atom stereocenters. The van der Waals surface area contributed by atoms with Crippen molar-refractivity contribution in [2.24, 2.45) is 0 Å². The molecule has 1 saturated carbocycles. The van der Waals surface area contributed by atoms with Crippen LogP contribution in [0.15, 0.2) is 59.8 Å². The van der Waals surface area contributed by atoms with Gasteiger partial charge in [0.1, 0.15) is 5.82 Å². The Hall–Kier alpha value is -2.60. The Morgan fingerprint density at radius 2 is 1.85 bits per heavy atom. The topological polar surface area (TPSA) is 59.8 Å². The van der Waals surface area contributed by atoms with Crippen LogP contribution in [0.1, 0.15) is 35.7 Å². The number of thioether (sulfide) groups is 1. The van der Waals surface area contributed by atoms with Gasteiger partial charge in [0.15, 0.2) is 5.16 Å². The molecule has 0 unspecified atom stereocenters. The number of aromatic nitrogens is 3. The number of hydrogen-bond donors (Lipinski definition) is 1. The van der Waals surface area contributed by atoms with Crippen LogP contribution in [0.5, 0.6) is 0 Å². The van der Waals surface area contributed by atoms with E-state index in [0.717, 1.165) is 23.2 Å². The molecule has 1 amide bonds. The van der Waals surface area contributed by atoms with Crippen LogP contribution in [0.3, 0.4) is 0 Å². The van der Waals surface area contributed by atoms with Crippen molar-refractivity contribution in [3.63, 3.8) is 0 Å². The van der Waals surface area contributed by atoms with E-state index in [-0.39, 0.29) is 5.91 Å². The van der Waals surface area contributed by atoms with Gasteiger partial charge in [0.05, 0.1) is 12.3 Å². The SMILES string of the molecule is Cc1ccc(NC(=O)CSc2nnc(C3CC3)n2Cc2ccccc2)cc1. The van der Waals surface area contributed by atoms with Crippen LogP contribution in [0, 0.1) is 6.92 Å². The molecule has 6 heteroatoms. The third kappa shape index (κ3) is 4.57.